The Kier molecular flexibility index (Phi) is 13.4. The summed E-state index contributed by atoms with van der Waals surface area (Å²) in [5.74, 6) is -53.1. The van der Waals surface area contributed by atoms with Crippen molar-refractivity contribution in [2.75, 3.05) is 0 Å². The summed E-state index contributed by atoms with van der Waals surface area (Å²) in [4.78, 5) is 15.6. The van der Waals surface area contributed by atoms with Crippen LogP contribution in [0.15, 0.2) is 24.3 Å². The van der Waals surface area contributed by atoms with Crippen molar-refractivity contribution < 1.29 is 103 Å². The monoisotopic (exact) mass is 1140 g/mol. The van der Waals surface area contributed by atoms with Gasteiger partial charge in [-0.15, -0.1) is 22.1 Å². The zero-order valence-electron chi connectivity index (χ0n) is 33.1. The van der Waals surface area contributed by atoms with Gasteiger partial charge in [0.15, 0.2) is 93.1 Å². The second-order valence-electron chi connectivity index (χ2n) is 14.2. The quantitative estimate of drug-likeness (QED) is 0.0763. The van der Waals surface area contributed by atoms with Gasteiger partial charge in [-0.05, 0) is 46.6 Å². The Bertz CT molecular complexity index is 3160. The van der Waals surface area contributed by atoms with Gasteiger partial charge < -0.3 is 9.97 Å². The van der Waals surface area contributed by atoms with Crippen LogP contribution in [0.5, 0.6) is 0 Å². The van der Waals surface area contributed by atoms with Crippen LogP contribution >= 0.6 is 19.4 Å². The molecule has 0 saturated heterocycles. The van der Waals surface area contributed by atoms with Crippen molar-refractivity contribution in [1.29, 1.82) is 0 Å². The van der Waals surface area contributed by atoms with Gasteiger partial charge in [-0.2, -0.15) is 0 Å². The second-order valence-corrected chi connectivity index (χ2v) is 16.8. The van der Waals surface area contributed by atoms with E-state index in [-0.39, 0.29) is 15.1 Å². The Morgan fingerprint density at radius 2 is 0.394 bits per heavy atom. The molecule has 2 aliphatic heterocycles. The van der Waals surface area contributed by atoms with Crippen LogP contribution in [0.25, 0.3) is 90.9 Å². The van der Waals surface area contributed by atoms with E-state index in [1.54, 1.807) is 0 Å². The molecule has 0 aliphatic carbocycles. The van der Waals surface area contributed by atoms with Crippen molar-refractivity contribution in [1.82, 2.24) is 19.9 Å². The van der Waals surface area contributed by atoms with E-state index in [4.69, 9.17) is 19.4 Å². The number of rotatable bonds is 4. The number of hydrogen-bond acceptors (Lipinski definition) is 2. The van der Waals surface area contributed by atoms with E-state index < -0.39 is 206 Å². The molecule has 4 nitrogen and oxygen atoms in total. The molecule has 366 valence electrons. The van der Waals surface area contributed by atoms with Crippen molar-refractivity contribution >= 4 is 65.8 Å². The summed E-state index contributed by atoms with van der Waals surface area (Å²) >= 11 is -0.346. The maximum absolute atomic E-state index is 15.8. The molecule has 5 heterocycles. The first kappa shape index (κ1) is 50.7. The predicted octanol–water partition coefficient (Wildman–Crippen LogP) is 14.7. The third-order valence-electron chi connectivity index (χ3n) is 10.4. The summed E-state index contributed by atoms with van der Waals surface area (Å²) in [5.41, 5.74) is -21.6. The van der Waals surface area contributed by atoms with Crippen molar-refractivity contribution in [3.8, 4) is 44.5 Å². The molecule has 3 aromatic heterocycles. The number of halogens is 22. The van der Waals surface area contributed by atoms with Gasteiger partial charge in [-0.25, -0.2) is 97.8 Å². The molecule has 0 saturated carbocycles. The number of fused-ring (bicyclic) bond motifs is 8. The van der Waals surface area contributed by atoms with Gasteiger partial charge in [-0.1, -0.05) is 24.3 Å². The summed E-state index contributed by atoms with van der Waals surface area (Å²) in [6.45, 7) is 0. The molecule has 27 heteroatoms. The van der Waals surface area contributed by atoms with Crippen LogP contribution in [0.1, 0.15) is 22.8 Å². The van der Waals surface area contributed by atoms with Crippen molar-refractivity contribution in [3.05, 3.63) is 163 Å². The van der Waals surface area contributed by atoms with E-state index in [2.05, 4.69) is 19.9 Å². The molecule has 71 heavy (non-hydrogen) atoms. The number of aromatic nitrogens is 4. The molecule has 0 amide bonds. The average molecular weight is 1140 g/mol. The fourth-order valence-corrected chi connectivity index (χ4v) is 7.41. The van der Waals surface area contributed by atoms with Crippen LogP contribution < -0.4 is 9.97 Å². The molecule has 2 aliphatic rings. The Hall–Kier alpha value is -6.72. The Morgan fingerprint density at radius 1 is 0.254 bits per heavy atom. The number of benzene rings is 4. The molecule has 0 atom stereocenters. The molecule has 0 N–H and O–H groups in total. The molecule has 0 spiro atoms. The average Bonchev–Trinajstić information content (AvgIpc) is 4.21. The predicted molar refractivity (Wildman–Crippen MR) is 209 cm³/mol. The van der Waals surface area contributed by atoms with Gasteiger partial charge in [0.2, 0.25) is 23.3 Å². The Balaban J connectivity index is 0.00000220. The molecular formula is C44H8Cl2F20N4Ru. The third kappa shape index (κ3) is 7.92. The molecule has 0 fully saturated rings. The minimum absolute atomic E-state index is 0.346. The van der Waals surface area contributed by atoms with E-state index in [0.717, 1.165) is 0 Å². The standard InChI is InChI=1S/C44H8F20N4.2ClH.Ru/c45-25-21(26(46)34(54)41(61)33(25)53)17-9-1-2-10(65-9)18(22-27(47)35(55)42(62)36(56)28(22)48)12-5-6-14(67-12)20(24-31(51)39(59)44(64)40(60)32(24)52)16-8-7-15(68-16)19(13-4-3-11(17)66-13)23-29(49)37(57)43(63)38(58)30(23)50;;;/h1-8H;2*1H;/q-2;;;+4/p-2. The van der Waals surface area contributed by atoms with E-state index in [0.29, 0.717) is 48.6 Å². The van der Waals surface area contributed by atoms with Gasteiger partial charge in [0, 0.05) is 0 Å². The first-order valence-corrected chi connectivity index (χ1v) is 23.0. The maximum atomic E-state index is 15.8. The summed E-state index contributed by atoms with van der Waals surface area (Å²) in [5, 5.41) is 0. The van der Waals surface area contributed by atoms with E-state index in [1.807, 2.05) is 0 Å². The third-order valence-corrected chi connectivity index (χ3v) is 10.4. The normalized spacial score (nSPS) is 12.0. The molecule has 7 aromatic rings. The number of nitrogens with zero attached hydrogens (tertiary/aromatic N) is 4. The van der Waals surface area contributed by atoms with Crippen LogP contribution in [-0.4, -0.2) is 9.97 Å². The van der Waals surface area contributed by atoms with Crippen molar-refractivity contribution in [2.24, 2.45) is 0 Å². The molecule has 8 bridgehead atoms. The van der Waals surface area contributed by atoms with Crippen LogP contribution in [0.4, 0.5) is 87.8 Å². The van der Waals surface area contributed by atoms with Crippen LogP contribution in [0.3, 0.4) is 0 Å². The van der Waals surface area contributed by atoms with E-state index in [1.165, 1.54) is 0 Å². The summed E-state index contributed by atoms with van der Waals surface area (Å²) in [7, 11) is 9.71. The van der Waals surface area contributed by atoms with Crippen molar-refractivity contribution in [3.63, 3.8) is 0 Å². The van der Waals surface area contributed by atoms with E-state index in [9.17, 15) is 52.7 Å². The summed E-state index contributed by atoms with van der Waals surface area (Å²) in [6.07, 6.45) is 2.26. The topological polar surface area (TPSA) is 54.0 Å². The number of hydrogen-bond donors (Lipinski definition) is 0. The Morgan fingerprint density at radius 3 is 0.549 bits per heavy atom. The molecule has 9 rings (SSSR count). The molecular weight excluding hydrogens is 1140 g/mol. The van der Waals surface area contributed by atoms with Gasteiger partial charge >= 0.3 is 34.5 Å². The van der Waals surface area contributed by atoms with Crippen LogP contribution in [0.2, 0.25) is 0 Å². The van der Waals surface area contributed by atoms with Gasteiger partial charge in [0.1, 0.15) is 0 Å². The second kappa shape index (κ2) is 18.8. The summed E-state index contributed by atoms with van der Waals surface area (Å²) in [6, 6.07) is 2.26. The van der Waals surface area contributed by atoms with Crippen LogP contribution in [0, 0.1) is 116 Å². The zero-order chi connectivity index (χ0) is 52.0. The minimum atomic E-state index is -2.73. The van der Waals surface area contributed by atoms with Gasteiger partial charge in [0.05, 0.1) is 45.0 Å². The van der Waals surface area contributed by atoms with Gasteiger partial charge in [0.25, 0.3) is 0 Å². The summed E-state index contributed by atoms with van der Waals surface area (Å²) < 4.78 is 303. The van der Waals surface area contributed by atoms with Crippen molar-refractivity contribution in [2.45, 2.75) is 0 Å². The van der Waals surface area contributed by atoms with Crippen LogP contribution in [-0.2, 0) is 15.1 Å². The first-order chi connectivity index (χ1) is 33.5. The first-order valence-electron chi connectivity index (χ1n) is 18.5. The molecule has 0 radical (unpaired) electrons. The van der Waals surface area contributed by atoms with Gasteiger partial charge in [-0.3, -0.25) is 0 Å². The fraction of sp³-hybridized carbons (Fsp3) is 0. The SMILES string of the molecule is Fc1c(F)c(F)c(-c2c3nc(c(-c4c(F)c(F)c(F)c(F)c4F)c4ccc([n-]4)c(-c4c(F)c(F)c(F)c(F)c4F)c4nc(c(-c5c(F)c(F)c(F)c(F)c5F)c5ccc2[n-]5)C=C4)C=C3)c(F)c1F.[Cl][Ru+2][Cl]. The molecule has 4 aromatic carbocycles. The fourth-order valence-electron chi connectivity index (χ4n) is 7.41. The van der Waals surface area contributed by atoms with E-state index >= 15 is 35.1 Å². The Labute approximate surface area is 395 Å². The molecule has 0 unspecified atom stereocenters. The zero-order valence-corrected chi connectivity index (χ0v) is 36.3.